The molecule has 2 fully saturated rings. The highest BCUT2D eigenvalue weighted by molar-refractivity contribution is 8.00. The van der Waals surface area contributed by atoms with Crippen molar-refractivity contribution in [1.29, 1.82) is 0 Å². The quantitative estimate of drug-likeness (QED) is 0.785. The highest BCUT2D eigenvalue weighted by Gasteiger charge is 2.38. The molecule has 3 heteroatoms. The minimum Gasteiger partial charge on any atom is -0.481 e. The van der Waals surface area contributed by atoms with Gasteiger partial charge in [-0.05, 0) is 25.7 Å². The van der Waals surface area contributed by atoms with Gasteiger partial charge in [0.15, 0.2) is 0 Å². The maximum Gasteiger partial charge on any atom is 0.307 e. The summed E-state index contributed by atoms with van der Waals surface area (Å²) in [7, 11) is 0. The average Bonchev–Trinajstić information content (AvgIpc) is 2.13. The van der Waals surface area contributed by atoms with Crippen LogP contribution in [0.4, 0.5) is 0 Å². The predicted molar refractivity (Wildman–Crippen MR) is 58.6 cm³/mol. The second kappa shape index (κ2) is 4.56. The van der Waals surface area contributed by atoms with Crippen molar-refractivity contribution >= 4 is 17.7 Å². The highest BCUT2D eigenvalue weighted by atomic mass is 32.2. The van der Waals surface area contributed by atoms with Gasteiger partial charge in [-0.2, -0.15) is 11.8 Å². The Hall–Kier alpha value is -0.180. The van der Waals surface area contributed by atoms with E-state index in [0.717, 1.165) is 18.1 Å². The van der Waals surface area contributed by atoms with E-state index >= 15 is 0 Å². The zero-order valence-electron chi connectivity index (χ0n) is 8.45. The largest absolute Gasteiger partial charge is 0.481 e. The first-order chi connectivity index (χ1) is 6.77. The van der Waals surface area contributed by atoms with Gasteiger partial charge in [0.1, 0.15) is 0 Å². The van der Waals surface area contributed by atoms with Gasteiger partial charge >= 0.3 is 5.97 Å². The molecule has 0 heterocycles. The predicted octanol–water partition coefficient (Wildman–Crippen LogP) is 2.92. The van der Waals surface area contributed by atoms with E-state index in [1.165, 1.54) is 32.1 Å². The standard InChI is InChI=1S/C11H18O2S/c12-11(13)9-6-7-10(9)14-8-4-2-1-3-5-8/h8-10H,1-7H2,(H,12,13). The van der Waals surface area contributed by atoms with Crippen LogP contribution in [0, 0.1) is 5.92 Å². The molecule has 14 heavy (non-hydrogen) atoms. The van der Waals surface area contributed by atoms with Gasteiger partial charge in [0, 0.05) is 10.5 Å². The molecule has 0 aliphatic heterocycles. The Morgan fingerprint density at radius 3 is 2.29 bits per heavy atom. The summed E-state index contributed by atoms with van der Waals surface area (Å²) in [6.07, 6.45) is 8.73. The molecule has 1 N–H and O–H groups in total. The van der Waals surface area contributed by atoms with Crippen LogP contribution in [-0.2, 0) is 4.79 Å². The fourth-order valence-electron chi connectivity index (χ4n) is 2.36. The molecule has 0 aromatic carbocycles. The number of rotatable bonds is 3. The SMILES string of the molecule is O=C(O)C1CCC1SC1CCCCC1. The molecule has 0 amide bonds. The number of thioether (sulfide) groups is 1. The Morgan fingerprint density at radius 1 is 1.07 bits per heavy atom. The lowest BCUT2D eigenvalue weighted by Gasteiger charge is -2.36. The zero-order valence-corrected chi connectivity index (χ0v) is 9.26. The molecule has 0 spiro atoms. The Labute approximate surface area is 89.5 Å². The average molecular weight is 214 g/mol. The normalized spacial score (nSPS) is 33.7. The van der Waals surface area contributed by atoms with Crippen molar-refractivity contribution in [1.82, 2.24) is 0 Å². The Bertz CT molecular complexity index is 211. The molecule has 0 radical (unpaired) electrons. The molecule has 0 aromatic heterocycles. The van der Waals surface area contributed by atoms with Crippen LogP contribution in [0.3, 0.4) is 0 Å². The van der Waals surface area contributed by atoms with Crippen LogP contribution in [-0.4, -0.2) is 21.6 Å². The summed E-state index contributed by atoms with van der Waals surface area (Å²) >= 11 is 1.96. The maximum absolute atomic E-state index is 10.8. The lowest BCUT2D eigenvalue weighted by Crippen LogP contribution is -2.36. The van der Waals surface area contributed by atoms with Crippen molar-refractivity contribution in [3.05, 3.63) is 0 Å². The molecule has 2 unspecified atom stereocenters. The van der Waals surface area contributed by atoms with E-state index in [-0.39, 0.29) is 5.92 Å². The third kappa shape index (κ3) is 2.25. The molecule has 2 aliphatic rings. The fraction of sp³-hybridized carbons (Fsp3) is 0.909. The van der Waals surface area contributed by atoms with Gasteiger partial charge in [-0.15, -0.1) is 0 Å². The van der Waals surface area contributed by atoms with Gasteiger partial charge in [0.2, 0.25) is 0 Å². The molecular formula is C11H18O2S. The van der Waals surface area contributed by atoms with E-state index in [1.807, 2.05) is 11.8 Å². The number of hydrogen-bond donors (Lipinski definition) is 1. The minimum absolute atomic E-state index is 0.0399. The van der Waals surface area contributed by atoms with Crippen LogP contribution >= 0.6 is 11.8 Å². The summed E-state index contributed by atoms with van der Waals surface area (Å²) in [5.74, 6) is -0.619. The monoisotopic (exact) mass is 214 g/mol. The molecule has 2 nitrogen and oxygen atoms in total. The number of carboxylic acid groups (broad SMARTS) is 1. The van der Waals surface area contributed by atoms with Gasteiger partial charge < -0.3 is 5.11 Å². The first kappa shape index (κ1) is 10.3. The number of carboxylic acids is 1. The van der Waals surface area contributed by atoms with E-state index in [2.05, 4.69) is 0 Å². The van der Waals surface area contributed by atoms with Crippen LogP contribution in [0.5, 0.6) is 0 Å². The lowest BCUT2D eigenvalue weighted by molar-refractivity contribution is -0.144. The summed E-state index contributed by atoms with van der Waals surface area (Å²) in [5, 5.41) is 10.1. The lowest BCUT2D eigenvalue weighted by atomic mass is 9.85. The van der Waals surface area contributed by atoms with Crippen LogP contribution in [0.15, 0.2) is 0 Å². The molecule has 80 valence electrons. The third-order valence-electron chi connectivity index (χ3n) is 3.45. The van der Waals surface area contributed by atoms with Gasteiger partial charge in [-0.3, -0.25) is 4.79 Å². The maximum atomic E-state index is 10.8. The highest BCUT2D eigenvalue weighted by Crippen LogP contribution is 2.42. The van der Waals surface area contributed by atoms with Crippen molar-refractivity contribution in [2.75, 3.05) is 0 Å². The first-order valence-corrected chi connectivity index (χ1v) is 6.60. The van der Waals surface area contributed by atoms with Crippen LogP contribution < -0.4 is 0 Å². The molecular weight excluding hydrogens is 196 g/mol. The smallest absolute Gasteiger partial charge is 0.307 e. The number of hydrogen-bond acceptors (Lipinski definition) is 2. The Balaban J connectivity index is 1.76. The van der Waals surface area contributed by atoms with Crippen LogP contribution in [0.1, 0.15) is 44.9 Å². The number of aliphatic carboxylic acids is 1. The number of carbonyl (C=O) groups is 1. The summed E-state index contributed by atoms with van der Waals surface area (Å²) < 4.78 is 0. The fourth-order valence-corrected chi connectivity index (χ4v) is 4.18. The summed E-state index contributed by atoms with van der Waals surface area (Å²) in [5.41, 5.74) is 0. The second-order valence-electron chi connectivity index (χ2n) is 4.46. The summed E-state index contributed by atoms with van der Waals surface area (Å²) in [6.45, 7) is 0. The van der Waals surface area contributed by atoms with Crippen molar-refractivity contribution in [2.45, 2.75) is 55.4 Å². The van der Waals surface area contributed by atoms with Crippen LogP contribution in [0.2, 0.25) is 0 Å². The van der Waals surface area contributed by atoms with E-state index in [4.69, 9.17) is 5.11 Å². The molecule has 2 atom stereocenters. The van der Waals surface area contributed by atoms with E-state index in [9.17, 15) is 4.79 Å². The van der Waals surface area contributed by atoms with Gasteiger partial charge in [-0.25, -0.2) is 0 Å². The molecule has 0 bridgehead atoms. The van der Waals surface area contributed by atoms with E-state index in [0.29, 0.717) is 5.25 Å². The van der Waals surface area contributed by atoms with Crippen molar-refractivity contribution in [2.24, 2.45) is 5.92 Å². The summed E-state index contributed by atoms with van der Waals surface area (Å²) in [4.78, 5) is 10.8. The Morgan fingerprint density at radius 2 is 1.79 bits per heavy atom. The van der Waals surface area contributed by atoms with E-state index < -0.39 is 5.97 Å². The van der Waals surface area contributed by atoms with Gasteiger partial charge in [0.05, 0.1) is 5.92 Å². The Kier molecular flexibility index (Phi) is 3.37. The zero-order chi connectivity index (χ0) is 9.97. The second-order valence-corrected chi connectivity index (χ2v) is 6.00. The van der Waals surface area contributed by atoms with Gasteiger partial charge in [0.25, 0.3) is 0 Å². The topological polar surface area (TPSA) is 37.3 Å². The molecule has 2 saturated carbocycles. The third-order valence-corrected chi connectivity index (χ3v) is 5.22. The molecule has 0 saturated heterocycles. The first-order valence-electron chi connectivity index (χ1n) is 5.65. The summed E-state index contributed by atoms with van der Waals surface area (Å²) in [6, 6.07) is 0. The van der Waals surface area contributed by atoms with Crippen molar-refractivity contribution in [3.8, 4) is 0 Å². The van der Waals surface area contributed by atoms with Gasteiger partial charge in [-0.1, -0.05) is 19.3 Å². The molecule has 2 aliphatic carbocycles. The van der Waals surface area contributed by atoms with Crippen LogP contribution in [0.25, 0.3) is 0 Å². The minimum atomic E-state index is -0.579. The van der Waals surface area contributed by atoms with E-state index in [1.54, 1.807) is 0 Å². The molecule has 0 aromatic rings. The molecule has 2 rings (SSSR count). The van der Waals surface area contributed by atoms with Crippen molar-refractivity contribution in [3.63, 3.8) is 0 Å². The van der Waals surface area contributed by atoms with Crippen molar-refractivity contribution < 1.29 is 9.90 Å².